The number of nitrogens with zero attached hydrogens (tertiary/aromatic N) is 2. The number of hydrogen-bond acceptors (Lipinski definition) is 3. The minimum Gasteiger partial charge on any atom is -0.244 e. The van der Waals surface area contributed by atoms with Crippen LogP contribution in [-0.4, -0.2) is 10.3 Å². The summed E-state index contributed by atoms with van der Waals surface area (Å²) in [4.78, 5) is 0. The number of aromatic nitrogens is 2. The van der Waals surface area contributed by atoms with Crippen molar-refractivity contribution in [2.45, 2.75) is 20.3 Å². The molecule has 0 aliphatic heterocycles. The van der Waals surface area contributed by atoms with Gasteiger partial charge in [-0.3, -0.25) is 0 Å². The zero-order chi connectivity index (χ0) is 6.69. The highest BCUT2D eigenvalue weighted by molar-refractivity contribution is 4.89. The van der Waals surface area contributed by atoms with E-state index in [9.17, 15) is 0 Å². The van der Waals surface area contributed by atoms with Gasteiger partial charge in [-0.2, -0.15) is 0 Å². The van der Waals surface area contributed by atoms with Gasteiger partial charge in [0, 0.05) is 0 Å². The van der Waals surface area contributed by atoms with E-state index >= 15 is 0 Å². The summed E-state index contributed by atoms with van der Waals surface area (Å²) in [6.45, 7) is 4.27. The molecule has 9 heavy (non-hydrogen) atoms. The molecule has 0 aliphatic carbocycles. The Kier molecular flexibility index (Phi) is 1.82. The fourth-order valence-corrected chi connectivity index (χ4v) is 0.692. The van der Waals surface area contributed by atoms with Crippen LogP contribution in [0.3, 0.4) is 0 Å². The first-order chi connectivity index (χ1) is 4.29. The van der Waals surface area contributed by atoms with Gasteiger partial charge >= 0.3 is 0 Å². The molecule has 0 bridgehead atoms. The van der Waals surface area contributed by atoms with Gasteiger partial charge in [0.15, 0.2) is 0 Å². The van der Waals surface area contributed by atoms with E-state index in [2.05, 4.69) is 28.8 Å². The lowest BCUT2D eigenvalue weighted by molar-refractivity contribution is 0.302. The van der Waals surface area contributed by atoms with Gasteiger partial charge in [-0.1, -0.05) is 24.2 Å². The Morgan fingerprint density at radius 2 is 2.44 bits per heavy atom. The van der Waals surface area contributed by atoms with Crippen LogP contribution in [0.25, 0.3) is 0 Å². The highest BCUT2D eigenvalue weighted by atomic mass is 16.6. The van der Waals surface area contributed by atoms with Crippen molar-refractivity contribution in [2.24, 2.45) is 5.92 Å². The maximum Gasteiger partial charge on any atom is 0.105 e. The smallest absolute Gasteiger partial charge is 0.105 e. The largest absolute Gasteiger partial charge is 0.244 e. The van der Waals surface area contributed by atoms with Crippen LogP contribution < -0.4 is 0 Å². The summed E-state index contributed by atoms with van der Waals surface area (Å²) in [5.74, 6) is 0.622. The van der Waals surface area contributed by atoms with Gasteiger partial charge in [-0.15, -0.1) is 0 Å². The molecule has 0 spiro atoms. The topological polar surface area (TPSA) is 38.9 Å². The van der Waals surface area contributed by atoms with E-state index in [1.54, 1.807) is 6.20 Å². The lowest BCUT2D eigenvalue weighted by Gasteiger charge is -1.95. The van der Waals surface area contributed by atoms with Crippen LogP contribution in [0.4, 0.5) is 0 Å². The van der Waals surface area contributed by atoms with Crippen molar-refractivity contribution in [3.8, 4) is 0 Å². The van der Waals surface area contributed by atoms with E-state index in [-0.39, 0.29) is 0 Å². The summed E-state index contributed by atoms with van der Waals surface area (Å²) in [5, 5.41) is 7.16. The Morgan fingerprint density at radius 1 is 1.67 bits per heavy atom. The molecule has 0 saturated carbocycles. The predicted octanol–water partition coefficient (Wildman–Crippen LogP) is 1.27. The van der Waals surface area contributed by atoms with E-state index in [1.165, 1.54) is 0 Å². The van der Waals surface area contributed by atoms with E-state index in [1.807, 2.05) is 0 Å². The molecule has 1 rings (SSSR count). The van der Waals surface area contributed by atoms with Crippen LogP contribution >= 0.6 is 0 Å². The summed E-state index contributed by atoms with van der Waals surface area (Å²) in [6.07, 6.45) is 2.60. The third-order valence-corrected chi connectivity index (χ3v) is 1.02. The first-order valence-corrected chi connectivity index (χ1v) is 3.05. The van der Waals surface area contributed by atoms with Crippen molar-refractivity contribution < 1.29 is 4.63 Å². The molecule has 1 aromatic heterocycles. The highest BCUT2D eigenvalue weighted by Gasteiger charge is 1.99. The van der Waals surface area contributed by atoms with Crippen LogP contribution in [0.2, 0.25) is 0 Å². The molecule has 3 nitrogen and oxygen atoms in total. The second-order valence-electron chi connectivity index (χ2n) is 2.50. The van der Waals surface area contributed by atoms with Gasteiger partial charge in [-0.25, -0.2) is 4.63 Å². The molecule has 0 atom stereocenters. The molecule has 50 valence electrons. The van der Waals surface area contributed by atoms with Crippen molar-refractivity contribution in [3.05, 3.63) is 11.9 Å². The van der Waals surface area contributed by atoms with Gasteiger partial charge < -0.3 is 0 Å². The molecule has 1 aromatic rings. The van der Waals surface area contributed by atoms with E-state index < -0.39 is 0 Å². The molecular weight excluding hydrogens is 116 g/mol. The van der Waals surface area contributed by atoms with Gasteiger partial charge in [0.05, 0.1) is 6.20 Å². The predicted molar refractivity (Wildman–Crippen MR) is 32.8 cm³/mol. The van der Waals surface area contributed by atoms with Gasteiger partial charge in [0.1, 0.15) is 5.69 Å². The SMILES string of the molecule is CC(C)Cc1cnon1. The molecule has 0 radical (unpaired) electrons. The Bertz CT molecular complexity index is 158. The lowest BCUT2D eigenvalue weighted by atomic mass is 10.1. The highest BCUT2D eigenvalue weighted by Crippen LogP contribution is 2.01. The van der Waals surface area contributed by atoms with Gasteiger partial charge in [0.2, 0.25) is 0 Å². The Balaban J connectivity index is 2.48. The maximum atomic E-state index is 4.42. The van der Waals surface area contributed by atoms with Crippen LogP contribution in [0, 0.1) is 5.92 Å². The fourth-order valence-electron chi connectivity index (χ4n) is 0.692. The molecule has 0 unspecified atom stereocenters. The molecule has 0 aromatic carbocycles. The average molecular weight is 126 g/mol. The van der Waals surface area contributed by atoms with Crippen molar-refractivity contribution in [2.75, 3.05) is 0 Å². The van der Waals surface area contributed by atoms with Gasteiger partial charge in [0.25, 0.3) is 0 Å². The molecule has 0 amide bonds. The first kappa shape index (κ1) is 6.26. The maximum absolute atomic E-state index is 4.42. The molecule has 0 N–H and O–H groups in total. The van der Waals surface area contributed by atoms with Crippen LogP contribution in [0.1, 0.15) is 19.5 Å². The quantitative estimate of drug-likeness (QED) is 0.599. The summed E-state index contributed by atoms with van der Waals surface area (Å²) in [7, 11) is 0. The lowest BCUT2D eigenvalue weighted by Crippen LogP contribution is -1.92. The zero-order valence-corrected chi connectivity index (χ0v) is 5.66. The Labute approximate surface area is 54.0 Å². The normalized spacial score (nSPS) is 10.6. The van der Waals surface area contributed by atoms with Crippen LogP contribution in [0.5, 0.6) is 0 Å². The zero-order valence-electron chi connectivity index (χ0n) is 5.66. The second kappa shape index (κ2) is 2.62. The Hall–Kier alpha value is -0.860. The van der Waals surface area contributed by atoms with Crippen molar-refractivity contribution in [1.29, 1.82) is 0 Å². The molecular formula is C6H10N2O. The standard InChI is InChI=1S/C6H10N2O/c1-5(2)3-6-4-7-9-8-6/h4-5H,3H2,1-2H3. The molecule has 0 aliphatic rings. The minimum absolute atomic E-state index is 0.622. The monoisotopic (exact) mass is 126 g/mol. The summed E-state index contributed by atoms with van der Waals surface area (Å²) in [5.41, 5.74) is 0.935. The van der Waals surface area contributed by atoms with Gasteiger partial charge in [-0.05, 0) is 12.3 Å². The van der Waals surface area contributed by atoms with E-state index in [0.717, 1.165) is 12.1 Å². The Morgan fingerprint density at radius 3 is 2.89 bits per heavy atom. The number of rotatable bonds is 2. The average Bonchev–Trinajstić information content (AvgIpc) is 2.15. The molecule has 0 saturated heterocycles. The van der Waals surface area contributed by atoms with Crippen molar-refractivity contribution in [1.82, 2.24) is 10.3 Å². The molecule has 3 heteroatoms. The summed E-state index contributed by atoms with van der Waals surface area (Å²) in [6, 6.07) is 0. The fraction of sp³-hybridized carbons (Fsp3) is 0.667. The second-order valence-corrected chi connectivity index (χ2v) is 2.50. The first-order valence-electron chi connectivity index (χ1n) is 3.05. The van der Waals surface area contributed by atoms with Crippen molar-refractivity contribution >= 4 is 0 Å². The van der Waals surface area contributed by atoms with Crippen LogP contribution in [-0.2, 0) is 6.42 Å². The van der Waals surface area contributed by atoms with E-state index in [0.29, 0.717) is 5.92 Å². The van der Waals surface area contributed by atoms with Crippen molar-refractivity contribution in [3.63, 3.8) is 0 Å². The molecule has 0 fully saturated rings. The minimum atomic E-state index is 0.622. The third-order valence-electron chi connectivity index (χ3n) is 1.02. The third kappa shape index (κ3) is 1.83. The molecule has 1 heterocycles. The number of hydrogen-bond donors (Lipinski definition) is 0. The summed E-state index contributed by atoms with van der Waals surface area (Å²) < 4.78 is 4.42. The summed E-state index contributed by atoms with van der Waals surface area (Å²) >= 11 is 0. The van der Waals surface area contributed by atoms with Crippen LogP contribution in [0.15, 0.2) is 10.8 Å². The van der Waals surface area contributed by atoms with E-state index in [4.69, 9.17) is 0 Å².